The average Bonchev–Trinajstić information content (AvgIpc) is 2.03. The zero-order valence-corrected chi connectivity index (χ0v) is 10.4. The highest BCUT2D eigenvalue weighted by Crippen LogP contribution is 2.30. The SMILES string of the molecule is CC(C)Oc1ccc(SI)c(F)c1. The molecule has 0 spiro atoms. The Bertz CT molecular complexity index is 291. The molecule has 13 heavy (non-hydrogen) atoms. The Hall–Kier alpha value is 0.0300. The maximum Gasteiger partial charge on any atom is 0.141 e. The van der Waals surface area contributed by atoms with Crippen molar-refractivity contribution >= 4 is 30.1 Å². The third-order valence-electron chi connectivity index (χ3n) is 1.36. The second-order valence-corrected chi connectivity index (χ2v) is 4.75. The molecule has 0 saturated heterocycles. The van der Waals surface area contributed by atoms with Crippen LogP contribution in [0.4, 0.5) is 4.39 Å². The molecular weight excluding hydrogens is 302 g/mol. The largest absolute Gasteiger partial charge is 0.491 e. The molecule has 0 aliphatic heterocycles. The maximum absolute atomic E-state index is 13.2. The smallest absolute Gasteiger partial charge is 0.141 e. The lowest BCUT2D eigenvalue weighted by Crippen LogP contribution is -2.05. The van der Waals surface area contributed by atoms with Crippen molar-refractivity contribution in [1.82, 2.24) is 0 Å². The van der Waals surface area contributed by atoms with Crippen molar-refractivity contribution in [3.8, 4) is 5.75 Å². The summed E-state index contributed by atoms with van der Waals surface area (Å²) in [5.74, 6) is 0.360. The van der Waals surface area contributed by atoms with Crippen LogP contribution in [0.15, 0.2) is 23.1 Å². The Labute approximate surface area is 93.6 Å². The normalized spacial score (nSPS) is 10.5. The fraction of sp³-hybridized carbons (Fsp3) is 0.333. The van der Waals surface area contributed by atoms with Gasteiger partial charge in [0.1, 0.15) is 11.6 Å². The van der Waals surface area contributed by atoms with Crippen molar-refractivity contribution < 1.29 is 9.13 Å². The Morgan fingerprint density at radius 2 is 2.15 bits per heavy atom. The Kier molecular flexibility index (Phi) is 4.31. The van der Waals surface area contributed by atoms with Gasteiger partial charge < -0.3 is 4.74 Å². The van der Waals surface area contributed by atoms with Crippen LogP contribution in [0.3, 0.4) is 0 Å². The van der Waals surface area contributed by atoms with E-state index in [9.17, 15) is 4.39 Å². The van der Waals surface area contributed by atoms with E-state index in [1.807, 2.05) is 13.8 Å². The molecule has 0 unspecified atom stereocenters. The second kappa shape index (κ2) is 5.05. The van der Waals surface area contributed by atoms with Gasteiger partial charge in [-0.25, -0.2) is 4.39 Å². The van der Waals surface area contributed by atoms with E-state index >= 15 is 0 Å². The standard InChI is InChI=1S/C9H10FIOS/c1-6(2)12-7-3-4-9(13-11)8(10)5-7/h3-6H,1-2H3. The number of rotatable bonds is 3. The van der Waals surface area contributed by atoms with Crippen molar-refractivity contribution in [3.63, 3.8) is 0 Å². The minimum Gasteiger partial charge on any atom is -0.491 e. The van der Waals surface area contributed by atoms with Gasteiger partial charge in [-0.3, -0.25) is 0 Å². The van der Waals surface area contributed by atoms with Crippen LogP contribution in [0, 0.1) is 5.82 Å². The Balaban J connectivity index is 2.83. The maximum atomic E-state index is 13.2. The molecule has 0 fully saturated rings. The summed E-state index contributed by atoms with van der Waals surface area (Å²) in [5.41, 5.74) is 0. The molecule has 0 atom stereocenters. The van der Waals surface area contributed by atoms with Crippen LogP contribution in [0.25, 0.3) is 0 Å². The summed E-state index contributed by atoms with van der Waals surface area (Å²) in [5, 5.41) is 0. The molecular formula is C9H10FIOS. The fourth-order valence-electron chi connectivity index (χ4n) is 0.890. The first-order valence-corrected chi connectivity index (χ1v) is 7.24. The number of halogens is 2. The van der Waals surface area contributed by atoms with Crippen LogP contribution in [0.2, 0.25) is 0 Å². The Morgan fingerprint density at radius 3 is 2.62 bits per heavy atom. The van der Waals surface area contributed by atoms with Crippen LogP contribution >= 0.6 is 30.1 Å². The molecule has 0 radical (unpaired) electrons. The molecule has 0 aliphatic carbocycles. The molecule has 0 N–H and O–H groups in total. The van der Waals surface area contributed by atoms with E-state index in [0.29, 0.717) is 10.6 Å². The lowest BCUT2D eigenvalue weighted by atomic mass is 10.3. The molecule has 0 aliphatic rings. The fourth-order valence-corrected chi connectivity index (χ4v) is 2.21. The van der Waals surface area contributed by atoms with Gasteiger partial charge >= 0.3 is 0 Å². The Morgan fingerprint density at radius 1 is 1.46 bits per heavy atom. The molecule has 0 heterocycles. The van der Waals surface area contributed by atoms with Gasteiger partial charge in [0.2, 0.25) is 0 Å². The van der Waals surface area contributed by atoms with Gasteiger partial charge in [0.15, 0.2) is 0 Å². The van der Waals surface area contributed by atoms with Crippen LogP contribution < -0.4 is 4.74 Å². The summed E-state index contributed by atoms with van der Waals surface area (Å²) >= 11 is 2.05. The summed E-state index contributed by atoms with van der Waals surface area (Å²) in [4.78, 5) is 0.636. The number of benzene rings is 1. The lowest BCUT2D eigenvalue weighted by Gasteiger charge is -2.09. The van der Waals surface area contributed by atoms with E-state index in [1.165, 1.54) is 15.0 Å². The summed E-state index contributed by atoms with van der Waals surface area (Å²) in [6.07, 6.45) is 0.0810. The van der Waals surface area contributed by atoms with E-state index in [1.54, 1.807) is 12.1 Å². The average molecular weight is 312 g/mol. The van der Waals surface area contributed by atoms with Crippen molar-refractivity contribution in [2.24, 2.45) is 0 Å². The van der Waals surface area contributed by atoms with Crippen LogP contribution in [-0.4, -0.2) is 6.10 Å². The van der Waals surface area contributed by atoms with Gasteiger partial charge in [-0.1, -0.05) is 0 Å². The first kappa shape index (κ1) is 11.1. The van der Waals surface area contributed by atoms with Crippen LogP contribution in [-0.2, 0) is 0 Å². The molecule has 0 amide bonds. The highest BCUT2D eigenvalue weighted by Gasteiger charge is 2.04. The minimum atomic E-state index is -0.224. The van der Waals surface area contributed by atoms with Gasteiger partial charge in [0.05, 0.1) is 11.0 Å². The quantitative estimate of drug-likeness (QED) is 0.779. The number of ether oxygens (including phenoxy) is 1. The third-order valence-corrected chi connectivity index (χ3v) is 3.28. The van der Waals surface area contributed by atoms with Crippen molar-refractivity contribution in [2.75, 3.05) is 0 Å². The minimum absolute atomic E-state index is 0.0810. The molecule has 0 aromatic heterocycles. The first-order chi connectivity index (χ1) is 6.13. The van der Waals surface area contributed by atoms with Crippen molar-refractivity contribution in [1.29, 1.82) is 0 Å². The molecule has 0 saturated carbocycles. The topological polar surface area (TPSA) is 9.23 Å². The zero-order chi connectivity index (χ0) is 9.84. The third kappa shape index (κ3) is 3.34. The molecule has 0 bridgehead atoms. The van der Waals surface area contributed by atoms with E-state index < -0.39 is 0 Å². The monoisotopic (exact) mass is 312 g/mol. The molecule has 1 aromatic carbocycles. The summed E-state index contributed by atoms with van der Waals surface area (Å²) < 4.78 is 18.5. The second-order valence-electron chi connectivity index (χ2n) is 2.84. The van der Waals surface area contributed by atoms with E-state index in [4.69, 9.17) is 4.74 Å². The van der Waals surface area contributed by atoms with Gasteiger partial charge in [0, 0.05) is 27.3 Å². The van der Waals surface area contributed by atoms with Gasteiger partial charge in [0.25, 0.3) is 0 Å². The lowest BCUT2D eigenvalue weighted by molar-refractivity contribution is 0.241. The predicted molar refractivity (Wildman–Crippen MR) is 62.0 cm³/mol. The molecule has 1 aromatic rings. The van der Waals surface area contributed by atoms with Crippen molar-refractivity contribution in [2.45, 2.75) is 24.8 Å². The van der Waals surface area contributed by atoms with E-state index in [0.717, 1.165) is 0 Å². The summed E-state index contributed by atoms with van der Waals surface area (Å²) in [6.45, 7) is 3.83. The molecule has 4 heteroatoms. The highest BCUT2D eigenvalue weighted by atomic mass is 127. The van der Waals surface area contributed by atoms with E-state index in [-0.39, 0.29) is 11.9 Å². The van der Waals surface area contributed by atoms with Crippen LogP contribution in [0.1, 0.15) is 13.8 Å². The van der Waals surface area contributed by atoms with E-state index in [2.05, 4.69) is 21.2 Å². The van der Waals surface area contributed by atoms with Crippen molar-refractivity contribution in [3.05, 3.63) is 24.0 Å². The van der Waals surface area contributed by atoms with Crippen LogP contribution in [0.5, 0.6) is 5.75 Å². The predicted octanol–water partition coefficient (Wildman–Crippen LogP) is 4.06. The first-order valence-electron chi connectivity index (χ1n) is 3.88. The molecule has 72 valence electrons. The molecule has 1 nitrogen and oxygen atoms in total. The van der Waals surface area contributed by atoms with Gasteiger partial charge in [-0.05, 0) is 34.9 Å². The number of hydrogen-bond acceptors (Lipinski definition) is 2. The number of hydrogen-bond donors (Lipinski definition) is 0. The summed E-state index contributed by atoms with van der Waals surface area (Å²) in [6, 6.07) is 4.93. The zero-order valence-electron chi connectivity index (χ0n) is 7.38. The van der Waals surface area contributed by atoms with Gasteiger partial charge in [-0.15, -0.1) is 0 Å². The molecule has 1 rings (SSSR count). The van der Waals surface area contributed by atoms with Gasteiger partial charge in [-0.2, -0.15) is 0 Å². The highest BCUT2D eigenvalue weighted by molar-refractivity contribution is 14.2. The summed E-state index contributed by atoms with van der Waals surface area (Å²) in [7, 11) is 1.36.